The first-order valence-electron chi connectivity index (χ1n) is 9.02. The predicted octanol–water partition coefficient (Wildman–Crippen LogP) is 4.04. The van der Waals surface area contributed by atoms with E-state index in [-0.39, 0.29) is 11.8 Å². The number of pyridine rings is 1. The Hall–Kier alpha value is -2.89. The fourth-order valence-corrected chi connectivity index (χ4v) is 3.15. The van der Waals surface area contributed by atoms with Crippen molar-refractivity contribution in [1.29, 1.82) is 0 Å². The molecule has 3 rings (SSSR count). The van der Waals surface area contributed by atoms with Crippen molar-refractivity contribution >= 4 is 29.0 Å². The van der Waals surface area contributed by atoms with Gasteiger partial charge in [-0.2, -0.15) is 0 Å². The van der Waals surface area contributed by atoms with Crippen LogP contribution in [0.25, 0.3) is 0 Å². The Morgan fingerprint density at radius 3 is 2.38 bits per heavy atom. The molecule has 1 aliphatic rings. The third-order valence-corrected chi connectivity index (χ3v) is 4.42. The zero-order chi connectivity index (χ0) is 18.4. The summed E-state index contributed by atoms with van der Waals surface area (Å²) in [6.07, 6.45) is 7.76. The van der Waals surface area contributed by atoms with Crippen molar-refractivity contribution < 1.29 is 9.59 Å². The molecular weight excluding hydrogens is 328 g/mol. The molecule has 26 heavy (non-hydrogen) atoms. The number of hydrogen-bond acceptors (Lipinski definition) is 4. The lowest BCUT2D eigenvalue weighted by Crippen LogP contribution is -2.22. The molecule has 1 heterocycles. The van der Waals surface area contributed by atoms with Crippen molar-refractivity contribution in [2.45, 2.75) is 45.1 Å². The molecular formula is C20H24N4O2. The molecule has 0 spiro atoms. The summed E-state index contributed by atoms with van der Waals surface area (Å²) in [5.41, 5.74) is 1.75. The highest BCUT2D eigenvalue weighted by Gasteiger charge is 2.14. The fourth-order valence-electron chi connectivity index (χ4n) is 3.15. The van der Waals surface area contributed by atoms with E-state index in [1.807, 2.05) is 6.07 Å². The molecule has 0 saturated heterocycles. The number of benzene rings is 1. The average molecular weight is 352 g/mol. The van der Waals surface area contributed by atoms with Crippen LogP contribution in [-0.2, 0) is 4.79 Å². The first kappa shape index (κ1) is 17.9. The Morgan fingerprint density at radius 2 is 1.73 bits per heavy atom. The molecule has 1 aromatic carbocycles. The second-order valence-corrected chi connectivity index (χ2v) is 6.63. The van der Waals surface area contributed by atoms with Gasteiger partial charge >= 0.3 is 0 Å². The van der Waals surface area contributed by atoms with Crippen molar-refractivity contribution in [1.82, 2.24) is 4.98 Å². The SMILES string of the molecule is CC(=O)Nc1cccc(NC(=O)c2ccc(NC3CCCCC3)nc2)c1. The Morgan fingerprint density at radius 1 is 1.00 bits per heavy atom. The second kappa shape index (κ2) is 8.47. The van der Waals surface area contributed by atoms with Gasteiger partial charge in [0.1, 0.15) is 5.82 Å². The normalized spacial score (nSPS) is 14.5. The van der Waals surface area contributed by atoms with Crippen molar-refractivity contribution in [3.05, 3.63) is 48.2 Å². The van der Waals surface area contributed by atoms with Crippen molar-refractivity contribution in [2.24, 2.45) is 0 Å². The topological polar surface area (TPSA) is 83.1 Å². The van der Waals surface area contributed by atoms with Crippen LogP contribution in [0.3, 0.4) is 0 Å². The molecule has 2 aromatic rings. The highest BCUT2D eigenvalue weighted by molar-refractivity contribution is 6.04. The molecule has 0 unspecified atom stereocenters. The lowest BCUT2D eigenvalue weighted by atomic mass is 9.95. The van der Waals surface area contributed by atoms with Crippen LogP contribution in [0.2, 0.25) is 0 Å². The van der Waals surface area contributed by atoms with Crippen molar-refractivity contribution in [3.8, 4) is 0 Å². The Balaban J connectivity index is 1.60. The summed E-state index contributed by atoms with van der Waals surface area (Å²) in [7, 11) is 0. The second-order valence-electron chi connectivity index (χ2n) is 6.63. The van der Waals surface area contributed by atoms with Gasteiger partial charge in [0.15, 0.2) is 0 Å². The number of carbonyl (C=O) groups excluding carboxylic acids is 2. The van der Waals surface area contributed by atoms with E-state index in [2.05, 4.69) is 20.9 Å². The fraction of sp³-hybridized carbons (Fsp3) is 0.350. The molecule has 1 aliphatic carbocycles. The van der Waals surface area contributed by atoms with Gasteiger partial charge in [-0.05, 0) is 43.2 Å². The number of carbonyl (C=O) groups is 2. The van der Waals surface area contributed by atoms with Crippen LogP contribution in [0.15, 0.2) is 42.6 Å². The summed E-state index contributed by atoms with van der Waals surface area (Å²) in [5, 5.41) is 8.95. The summed E-state index contributed by atoms with van der Waals surface area (Å²) >= 11 is 0. The number of nitrogens with one attached hydrogen (secondary N) is 3. The van der Waals surface area contributed by atoms with E-state index >= 15 is 0 Å². The Labute approximate surface area is 153 Å². The zero-order valence-electron chi connectivity index (χ0n) is 14.9. The van der Waals surface area contributed by atoms with E-state index in [0.29, 0.717) is 23.0 Å². The lowest BCUT2D eigenvalue weighted by Gasteiger charge is -2.23. The molecule has 1 saturated carbocycles. The first-order chi connectivity index (χ1) is 12.6. The van der Waals surface area contributed by atoms with Crippen molar-refractivity contribution in [3.63, 3.8) is 0 Å². The van der Waals surface area contributed by atoms with Gasteiger partial charge in [-0.3, -0.25) is 9.59 Å². The van der Waals surface area contributed by atoms with Gasteiger partial charge in [-0.15, -0.1) is 0 Å². The van der Waals surface area contributed by atoms with Crippen LogP contribution in [0.4, 0.5) is 17.2 Å². The van der Waals surface area contributed by atoms with Gasteiger partial charge in [0.2, 0.25) is 5.91 Å². The number of hydrogen-bond donors (Lipinski definition) is 3. The number of anilines is 3. The Kier molecular flexibility index (Phi) is 5.84. The summed E-state index contributed by atoms with van der Waals surface area (Å²) in [5.74, 6) is 0.418. The molecule has 3 N–H and O–H groups in total. The molecule has 0 atom stereocenters. The van der Waals surface area contributed by atoms with Crippen molar-refractivity contribution in [2.75, 3.05) is 16.0 Å². The molecule has 0 aliphatic heterocycles. The van der Waals surface area contributed by atoms with Gasteiger partial charge in [-0.1, -0.05) is 25.3 Å². The third kappa shape index (κ3) is 5.05. The predicted molar refractivity (Wildman–Crippen MR) is 103 cm³/mol. The summed E-state index contributed by atoms with van der Waals surface area (Å²) in [4.78, 5) is 27.9. The van der Waals surface area contributed by atoms with Crippen LogP contribution in [0, 0.1) is 0 Å². The number of rotatable bonds is 5. The summed E-state index contributed by atoms with van der Waals surface area (Å²) < 4.78 is 0. The molecule has 1 aromatic heterocycles. The molecule has 2 amide bonds. The van der Waals surface area contributed by atoms with Gasteiger partial charge in [-0.25, -0.2) is 4.98 Å². The summed E-state index contributed by atoms with van der Waals surface area (Å²) in [6.45, 7) is 1.44. The van der Waals surface area contributed by atoms with Crippen LogP contribution >= 0.6 is 0 Å². The monoisotopic (exact) mass is 352 g/mol. The highest BCUT2D eigenvalue weighted by Crippen LogP contribution is 2.21. The number of amides is 2. The van der Waals surface area contributed by atoms with E-state index in [1.165, 1.54) is 39.0 Å². The minimum atomic E-state index is -0.235. The standard InChI is InChI=1S/C20H24N4O2/c1-14(25)22-17-8-5-9-18(12-17)24-20(26)15-10-11-19(21-13-15)23-16-6-3-2-4-7-16/h5,8-13,16H,2-4,6-7H2,1H3,(H,21,23)(H,22,25)(H,24,26). The molecule has 136 valence electrons. The van der Waals surface area contributed by atoms with Gasteiger partial charge in [0.05, 0.1) is 5.56 Å². The maximum absolute atomic E-state index is 12.4. The van der Waals surface area contributed by atoms with Crippen LogP contribution in [0.1, 0.15) is 49.4 Å². The highest BCUT2D eigenvalue weighted by atomic mass is 16.2. The zero-order valence-corrected chi connectivity index (χ0v) is 14.9. The smallest absolute Gasteiger partial charge is 0.257 e. The van der Waals surface area contributed by atoms with Crippen LogP contribution < -0.4 is 16.0 Å². The number of aromatic nitrogens is 1. The first-order valence-corrected chi connectivity index (χ1v) is 9.02. The van der Waals surface area contributed by atoms with Gasteiger partial charge in [0.25, 0.3) is 5.91 Å². The molecule has 1 fully saturated rings. The minimum absolute atomic E-state index is 0.154. The van der Waals surface area contributed by atoms with E-state index in [0.717, 1.165) is 5.82 Å². The number of nitrogens with zero attached hydrogens (tertiary/aromatic N) is 1. The van der Waals surface area contributed by atoms with E-state index in [1.54, 1.807) is 36.5 Å². The third-order valence-electron chi connectivity index (χ3n) is 4.42. The van der Waals surface area contributed by atoms with Gasteiger partial charge in [0, 0.05) is 30.5 Å². The van der Waals surface area contributed by atoms with E-state index in [9.17, 15) is 9.59 Å². The largest absolute Gasteiger partial charge is 0.367 e. The maximum atomic E-state index is 12.4. The molecule has 0 radical (unpaired) electrons. The molecule has 6 heteroatoms. The minimum Gasteiger partial charge on any atom is -0.367 e. The summed E-state index contributed by atoms with van der Waals surface area (Å²) in [6, 6.07) is 11.1. The van der Waals surface area contributed by atoms with Crippen LogP contribution in [-0.4, -0.2) is 22.8 Å². The quantitative estimate of drug-likeness (QED) is 0.758. The molecule has 0 bridgehead atoms. The Bertz CT molecular complexity index is 768. The molecule has 6 nitrogen and oxygen atoms in total. The van der Waals surface area contributed by atoms with Gasteiger partial charge < -0.3 is 16.0 Å². The van der Waals surface area contributed by atoms with Crippen LogP contribution in [0.5, 0.6) is 0 Å². The maximum Gasteiger partial charge on any atom is 0.257 e. The lowest BCUT2D eigenvalue weighted by molar-refractivity contribution is -0.114. The van der Waals surface area contributed by atoms with E-state index < -0.39 is 0 Å². The average Bonchev–Trinajstić information content (AvgIpc) is 2.63. The van der Waals surface area contributed by atoms with E-state index in [4.69, 9.17) is 0 Å².